The van der Waals surface area contributed by atoms with E-state index in [2.05, 4.69) is 11.2 Å². The van der Waals surface area contributed by atoms with E-state index < -0.39 is 5.97 Å². The largest absolute Gasteiger partial charge is 0.488 e. The summed E-state index contributed by atoms with van der Waals surface area (Å²) in [5, 5.41) is 13.8. The van der Waals surface area contributed by atoms with Gasteiger partial charge >= 0.3 is 5.97 Å². The highest BCUT2D eigenvalue weighted by molar-refractivity contribution is 5.96. The Kier molecular flexibility index (Phi) is 5.82. The van der Waals surface area contributed by atoms with Gasteiger partial charge in [-0.2, -0.15) is 5.10 Å². The van der Waals surface area contributed by atoms with Gasteiger partial charge in [0.25, 0.3) is 5.91 Å². The zero-order chi connectivity index (χ0) is 24.5. The fraction of sp³-hybridized carbons (Fsp3) is 0.179. The van der Waals surface area contributed by atoms with Crippen LogP contribution in [0, 0.1) is 6.92 Å². The Bertz CT molecular complexity index is 1410. The van der Waals surface area contributed by atoms with Crippen molar-refractivity contribution in [2.45, 2.75) is 26.6 Å². The maximum atomic E-state index is 13.9. The van der Waals surface area contributed by atoms with Crippen LogP contribution in [-0.4, -0.2) is 31.7 Å². The number of amides is 1. The van der Waals surface area contributed by atoms with Crippen LogP contribution in [0.1, 0.15) is 43.1 Å². The third-order valence-electron chi connectivity index (χ3n) is 6.19. The fourth-order valence-corrected chi connectivity index (χ4v) is 4.44. The molecule has 2 heterocycles. The number of aromatic nitrogens is 2. The average Bonchev–Trinajstić information content (AvgIpc) is 3.21. The van der Waals surface area contributed by atoms with Gasteiger partial charge in [-0.25, -0.2) is 4.79 Å². The first-order valence-electron chi connectivity index (χ1n) is 11.4. The molecule has 7 heteroatoms. The molecule has 3 aromatic carbocycles. The molecule has 1 amide bonds. The van der Waals surface area contributed by atoms with Crippen molar-refractivity contribution >= 4 is 11.9 Å². The van der Waals surface area contributed by atoms with Crippen LogP contribution in [0.2, 0.25) is 0 Å². The lowest BCUT2D eigenvalue weighted by Crippen LogP contribution is -2.31. The fourth-order valence-electron chi connectivity index (χ4n) is 4.44. The second kappa shape index (κ2) is 9.10. The van der Waals surface area contributed by atoms with E-state index in [1.807, 2.05) is 56.4 Å². The van der Waals surface area contributed by atoms with Crippen LogP contribution in [0.15, 0.2) is 72.8 Å². The average molecular weight is 468 g/mol. The molecule has 176 valence electrons. The number of rotatable bonds is 6. The van der Waals surface area contributed by atoms with Crippen molar-refractivity contribution in [3.8, 4) is 17.0 Å². The first-order valence-corrected chi connectivity index (χ1v) is 11.4. The molecule has 1 aromatic heterocycles. The number of benzene rings is 3. The number of aromatic carboxylic acids is 1. The molecule has 0 unspecified atom stereocenters. The van der Waals surface area contributed by atoms with Crippen molar-refractivity contribution in [1.29, 1.82) is 0 Å². The van der Waals surface area contributed by atoms with Crippen molar-refractivity contribution in [1.82, 2.24) is 14.7 Å². The second-order valence-electron chi connectivity index (χ2n) is 8.74. The van der Waals surface area contributed by atoms with Crippen LogP contribution in [0.3, 0.4) is 0 Å². The van der Waals surface area contributed by atoms with Crippen LogP contribution < -0.4 is 4.74 Å². The van der Waals surface area contributed by atoms with Crippen LogP contribution >= 0.6 is 0 Å². The van der Waals surface area contributed by atoms with Gasteiger partial charge in [0.1, 0.15) is 12.4 Å². The van der Waals surface area contributed by atoms with E-state index in [0.717, 1.165) is 39.3 Å². The van der Waals surface area contributed by atoms with E-state index in [-0.39, 0.29) is 18.1 Å². The first kappa shape index (κ1) is 22.4. The van der Waals surface area contributed by atoms with E-state index in [0.29, 0.717) is 18.8 Å². The Morgan fingerprint density at radius 3 is 2.37 bits per heavy atom. The van der Waals surface area contributed by atoms with Crippen molar-refractivity contribution in [3.05, 3.63) is 106 Å². The van der Waals surface area contributed by atoms with E-state index in [1.165, 1.54) is 0 Å². The van der Waals surface area contributed by atoms with Crippen molar-refractivity contribution in [2.75, 3.05) is 0 Å². The number of hydrogen-bond donors (Lipinski definition) is 1. The molecule has 0 saturated heterocycles. The van der Waals surface area contributed by atoms with E-state index in [9.17, 15) is 14.7 Å². The van der Waals surface area contributed by atoms with Gasteiger partial charge in [-0.05, 0) is 42.3 Å². The molecule has 0 radical (unpaired) electrons. The zero-order valence-electron chi connectivity index (χ0n) is 19.6. The first-order chi connectivity index (χ1) is 16.9. The van der Waals surface area contributed by atoms with Crippen LogP contribution in [0.25, 0.3) is 11.3 Å². The molecule has 0 atom stereocenters. The van der Waals surface area contributed by atoms with E-state index in [1.54, 1.807) is 33.8 Å². The van der Waals surface area contributed by atoms with Gasteiger partial charge in [-0.3, -0.25) is 9.48 Å². The Balaban J connectivity index is 1.51. The highest BCUT2D eigenvalue weighted by Gasteiger charge is 2.31. The number of carbonyl (C=O) groups is 2. The van der Waals surface area contributed by atoms with Crippen molar-refractivity contribution < 1.29 is 19.4 Å². The monoisotopic (exact) mass is 467 g/mol. The summed E-state index contributed by atoms with van der Waals surface area (Å²) in [4.78, 5) is 26.9. The molecule has 0 saturated carbocycles. The molecule has 7 nitrogen and oxygen atoms in total. The maximum Gasteiger partial charge on any atom is 0.335 e. The summed E-state index contributed by atoms with van der Waals surface area (Å²) in [6, 6.07) is 22.4. The highest BCUT2D eigenvalue weighted by atomic mass is 16.5. The molecule has 0 fully saturated rings. The molecule has 4 aromatic rings. The molecular formula is C28H25N3O4. The quantitative estimate of drug-likeness (QED) is 0.439. The molecular weight excluding hydrogens is 442 g/mol. The van der Waals surface area contributed by atoms with Crippen molar-refractivity contribution in [3.63, 3.8) is 0 Å². The number of aryl methyl sites for hydroxylation is 2. The maximum absolute atomic E-state index is 13.9. The number of nitrogens with zero attached hydrogens (tertiary/aromatic N) is 3. The lowest BCUT2D eigenvalue weighted by Gasteiger charge is -2.24. The number of hydrogen-bond acceptors (Lipinski definition) is 4. The predicted molar refractivity (Wildman–Crippen MR) is 131 cm³/mol. The number of carboxylic acid groups (broad SMARTS) is 1. The molecule has 1 aliphatic heterocycles. The van der Waals surface area contributed by atoms with Gasteiger partial charge in [0.05, 0.1) is 11.3 Å². The summed E-state index contributed by atoms with van der Waals surface area (Å²) in [5.41, 5.74) is 6.10. The minimum Gasteiger partial charge on any atom is -0.488 e. The van der Waals surface area contributed by atoms with Crippen LogP contribution in [-0.2, 0) is 26.7 Å². The summed E-state index contributed by atoms with van der Waals surface area (Å²) in [6.07, 6.45) is 0. The van der Waals surface area contributed by atoms with Crippen LogP contribution in [0.5, 0.6) is 5.75 Å². The Hall–Kier alpha value is -4.39. The second-order valence-corrected chi connectivity index (χ2v) is 8.74. The summed E-state index contributed by atoms with van der Waals surface area (Å²) in [5.74, 6) is -0.401. The lowest BCUT2D eigenvalue weighted by molar-refractivity contribution is 0.0692. The summed E-state index contributed by atoms with van der Waals surface area (Å²) < 4.78 is 7.74. The number of carboxylic acids is 1. The van der Waals surface area contributed by atoms with E-state index in [4.69, 9.17) is 4.74 Å². The molecule has 35 heavy (non-hydrogen) atoms. The molecule has 0 bridgehead atoms. The van der Waals surface area contributed by atoms with Gasteiger partial charge < -0.3 is 14.7 Å². The number of ether oxygens (including phenoxy) is 1. The standard InChI is InChI=1S/C28H25N3O4/c1-18-8-13-24-22(14-18)26-23(17-35-24)25(29-30(26)2)27(32)31(15-19-6-4-3-5-7-19)16-20-9-11-21(12-10-20)28(33)34/h3-14H,15-17H2,1-2H3,(H,33,34). The molecule has 0 aliphatic carbocycles. The summed E-state index contributed by atoms with van der Waals surface area (Å²) in [6.45, 7) is 3.00. The third kappa shape index (κ3) is 4.40. The summed E-state index contributed by atoms with van der Waals surface area (Å²) >= 11 is 0. The van der Waals surface area contributed by atoms with Crippen LogP contribution in [0.4, 0.5) is 0 Å². The molecule has 1 aliphatic rings. The summed E-state index contributed by atoms with van der Waals surface area (Å²) in [7, 11) is 1.85. The molecule has 1 N–H and O–H groups in total. The number of fused-ring (bicyclic) bond motifs is 3. The minimum absolute atomic E-state index is 0.201. The predicted octanol–water partition coefficient (Wildman–Crippen LogP) is 4.83. The zero-order valence-corrected chi connectivity index (χ0v) is 19.6. The Morgan fingerprint density at radius 2 is 1.69 bits per heavy atom. The topological polar surface area (TPSA) is 84.7 Å². The number of carbonyl (C=O) groups excluding carboxylic acids is 1. The lowest BCUT2D eigenvalue weighted by atomic mass is 10.00. The van der Waals surface area contributed by atoms with Gasteiger partial charge in [0.2, 0.25) is 0 Å². The molecule has 5 rings (SSSR count). The minimum atomic E-state index is -0.982. The van der Waals surface area contributed by atoms with Crippen molar-refractivity contribution in [2.24, 2.45) is 7.05 Å². The highest BCUT2D eigenvalue weighted by Crippen LogP contribution is 2.39. The third-order valence-corrected chi connectivity index (χ3v) is 6.19. The van der Waals surface area contributed by atoms with Gasteiger partial charge in [-0.1, -0.05) is 54.1 Å². The Labute approximate surface area is 203 Å². The van der Waals surface area contributed by atoms with E-state index >= 15 is 0 Å². The van der Waals surface area contributed by atoms with Gasteiger partial charge in [-0.15, -0.1) is 0 Å². The van der Waals surface area contributed by atoms with Gasteiger partial charge in [0, 0.05) is 31.3 Å². The Morgan fingerprint density at radius 1 is 1.00 bits per heavy atom. The SMILES string of the molecule is Cc1ccc2c(c1)-c1c(c(C(=O)N(Cc3ccccc3)Cc3ccc(C(=O)O)cc3)nn1C)CO2. The molecule has 0 spiro atoms. The smallest absolute Gasteiger partial charge is 0.335 e. The normalized spacial score (nSPS) is 11.8. The van der Waals surface area contributed by atoms with Gasteiger partial charge in [0.15, 0.2) is 5.69 Å².